The Labute approximate surface area is 168 Å². The number of rotatable bonds is 4. The Morgan fingerprint density at radius 1 is 1.00 bits per heavy atom. The Morgan fingerprint density at radius 3 is 2.25 bits per heavy atom. The molecule has 0 heterocycles. The first-order valence-electron chi connectivity index (χ1n) is 6.41. The van der Waals surface area contributed by atoms with Crippen molar-refractivity contribution in [3.8, 4) is 5.75 Å². The first-order valence-corrected chi connectivity index (χ1v) is 8.68. The first-order chi connectivity index (χ1) is 11.2. The maximum atomic E-state index is 12.3. The molecule has 0 spiro atoms. The number of carbonyl (C=O) groups excluding carboxylic acids is 1. The van der Waals surface area contributed by atoms with Crippen LogP contribution in [-0.2, 0) is 0 Å². The monoisotopic (exact) mass is 445 g/mol. The van der Waals surface area contributed by atoms with Gasteiger partial charge in [0.1, 0.15) is 5.75 Å². The van der Waals surface area contributed by atoms with Crippen molar-refractivity contribution in [2.24, 2.45) is 0 Å². The van der Waals surface area contributed by atoms with E-state index >= 15 is 0 Å². The molecule has 9 heteroatoms. The van der Waals surface area contributed by atoms with Gasteiger partial charge in [0.25, 0.3) is 5.91 Å². The van der Waals surface area contributed by atoms with Gasteiger partial charge < -0.3 is 10.1 Å². The molecule has 2 aromatic carbocycles. The normalized spacial score (nSPS) is 12.6. The van der Waals surface area contributed by atoms with E-state index in [4.69, 9.17) is 74.3 Å². The Balaban J connectivity index is 2.21. The number of carbonyl (C=O) groups is 1. The molecule has 1 atom stereocenters. The lowest BCUT2D eigenvalue weighted by molar-refractivity contribution is 0.0833. The number of ether oxygens (including phenoxy) is 1. The van der Waals surface area contributed by atoms with Gasteiger partial charge in [0.2, 0.25) is 10.0 Å². The van der Waals surface area contributed by atoms with E-state index in [2.05, 4.69) is 5.32 Å². The number of hydrogen-bond acceptors (Lipinski definition) is 2. The first kappa shape index (κ1) is 19.8. The minimum atomic E-state index is -1.95. The smallest absolute Gasteiger partial charge is 0.254 e. The Morgan fingerprint density at radius 2 is 1.67 bits per heavy atom. The van der Waals surface area contributed by atoms with Gasteiger partial charge in [-0.3, -0.25) is 4.79 Å². The van der Waals surface area contributed by atoms with Crippen LogP contribution in [0.25, 0.3) is 0 Å². The van der Waals surface area contributed by atoms with Crippen LogP contribution in [0, 0.1) is 0 Å². The van der Waals surface area contributed by atoms with Crippen molar-refractivity contribution >= 4 is 75.5 Å². The number of benzene rings is 2. The van der Waals surface area contributed by atoms with E-state index < -0.39 is 15.9 Å². The molecule has 0 saturated heterocycles. The van der Waals surface area contributed by atoms with Gasteiger partial charge in [0, 0.05) is 15.6 Å². The lowest BCUT2D eigenvalue weighted by Crippen LogP contribution is -2.47. The fourth-order valence-electron chi connectivity index (χ4n) is 1.71. The second-order valence-corrected chi connectivity index (χ2v) is 8.25. The minimum Gasteiger partial charge on any atom is -0.464 e. The third kappa shape index (κ3) is 5.48. The maximum absolute atomic E-state index is 12.3. The highest BCUT2D eigenvalue weighted by molar-refractivity contribution is 6.68. The summed E-state index contributed by atoms with van der Waals surface area (Å²) in [6, 6.07) is 10.8. The molecule has 1 N–H and O–H groups in total. The highest BCUT2D eigenvalue weighted by Gasteiger charge is 2.36. The van der Waals surface area contributed by atoms with Gasteiger partial charge in [-0.15, -0.1) is 0 Å². The van der Waals surface area contributed by atoms with Gasteiger partial charge in [-0.1, -0.05) is 75.7 Å². The van der Waals surface area contributed by atoms with Crippen molar-refractivity contribution in [1.29, 1.82) is 0 Å². The Hall–Kier alpha value is -0.550. The average molecular weight is 448 g/mol. The molecule has 0 fully saturated rings. The van der Waals surface area contributed by atoms with Crippen LogP contribution < -0.4 is 10.1 Å². The van der Waals surface area contributed by atoms with Crippen LogP contribution >= 0.6 is 69.6 Å². The van der Waals surface area contributed by atoms with E-state index in [0.29, 0.717) is 10.0 Å². The Bertz CT molecular complexity index is 747. The summed E-state index contributed by atoms with van der Waals surface area (Å²) in [6.07, 6.45) is -1.30. The van der Waals surface area contributed by atoms with Crippen molar-refractivity contribution in [1.82, 2.24) is 5.32 Å². The van der Waals surface area contributed by atoms with E-state index in [1.165, 1.54) is 18.2 Å². The van der Waals surface area contributed by atoms with E-state index in [9.17, 15) is 4.79 Å². The molecule has 0 saturated carbocycles. The molecule has 0 unspecified atom stereocenters. The SMILES string of the molecule is O=C(N[C@H](Oc1ccc(Cl)cc1Cl)C(Cl)(Cl)Cl)c1cccc(Cl)c1. The highest BCUT2D eigenvalue weighted by Crippen LogP contribution is 2.35. The zero-order valence-electron chi connectivity index (χ0n) is 11.7. The Kier molecular flexibility index (Phi) is 6.77. The zero-order chi connectivity index (χ0) is 17.9. The zero-order valence-corrected chi connectivity index (χ0v) is 16.2. The topological polar surface area (TPSA) is 38.3 Å². The van der Waals surface area contributed by atoms with Crippen LogP contribution in [0.1, 0.15) is 10.4 Å². The van der Waals surface area contributed by atoms with Gasteiger partial charge in [0.05, 0.1) is 5.02 Å². The van der Waals surface area contributed by atoms with Crippen LogP contribution in [0.4, 0.5) is 0 Å². The molecule has 0 aliphatic rings. The number of hydrogen-bond donors (Lipinski definition) is 1. The second-order valence-electron chi connectivity index (χ2n) is 4.60. The summed E-state index contributed by atoms with van der Waals surface area (Å²) < 4.78 is 3.59. The average Bonchev–Trinajstić information content (AvgIpc) is 2.48. The van der Waals surface area contributed by atoms with Crippen molar-refractivity contribution in [3.63, 3.8) is 0 Å². The lowest BCUT2D eigenvalue weighted by atomic mass is 10.2. The van der Waals surface area contributed by atoms with E-state index in [1.54, 1.807) is 24.3 Å². The van der Waals surface area contributed by atoms with Gasteiger partial charge in [-0.25, -0.2) is 0 Å². The van der Waals surface area contributed by atoms with Crippen LogP contribution in [0.2, 0.25) is 15.1 Å². The van der Waals surface area contributed by atoms with Gasteiger partial charge in [0.15, 0.2) is 0 Å². The standard InChI is InChI=1S/C15H9Cl6NO2/c16-9-3-1-2-8(6-9)13(23)22-14(15(19,20)21)24-12-5-4-10(17)7-11(12)18/h1-7,14H,(H,22,23)/t14-/m1/s1. The summed E-state index contributed by atoms with van der Waals surface area (Å²) in [5.74, 6) is -0.331. The van der Waals surface area contributed by atoms with E-state index in [0.717, 1.165) is 0 Å². The molecule has 2 rings (SSSR count). The number of amides is 1. The summed E-state index contributed by atoms with van der Waals surface area (Å²) >= 11 is 35.4. The molecule has 0 aliphatic heterocycles. The van der Waals surface area contributed by atoms with Crippen molar-refractivity contribution in [3.05, 3.63) is 63.1 Å². The molecule has 0 radical (unpaired) electrons. The number of halogens is 6. The quantitative estimate of drug-likeness (QED) is 0.450. The van der Waals surface area contributed by atoms with E-state index in [-0.39, 0.29) is 16.3 Å². The second kappa shape index (κ2) is 8.22. The predicted octanol–water partition coefficient (Wildman–Crippen LogP) is 6.15. The van der Waals surface area contributed by atoms with Crippen molar-refractivity contribution in [2.45, 2.75) is 10.0 Å². The molecular weight excluding hydrogens is 439 g/mol. The third-order valence-corrected chi connectivity index (χ3v) is 4.15. The minimum absolute atomic E-state index is 0.198. The molecule has 2 aromatic rings. The van der Waals surface area contributed by atoms with Gasteiger partial charge >= 0.3 is 0 Å². The maximum Gasteiger partial charge on any atom is 0.254 e. The molecule has 0 aliphatic carbocycles. The molecule has 1 amide bonds. The third-order valence-electron chi connectivity index (χ3n) is 2.79. The fraction of sp³-hybridized carbons (Fsp3) is 0.133. The van der Waals surface area contributed by atoms with Crippen molar-refractivity contribution < 1.29 is 9.53 Å². The number of alkyl halides is 3. The van der Waals surface area contributed by atoms with Gasteiger partial charge in [-0.05, 0) is 36.4 Å². The predicted molar refractivity (Wildman–Crippen MR) is 100 cm³/mol. The van der Waals surface area contributed by atoms with Gasteiger partial charge in [-0.2, -0.15) is 0 Å². The lowest BCUT2D eigenvalue weighted by Gasteiger charge is -2.26. The fourth-order valence-corrected chi connectivity index (χ4v) is 2.65. The van der Waals surface area contributed by atoms with Crippen LogP contribution in [0.15, 0.2) is 42.5 Å². The largest absolute Gasteiger partial charge is 0.464 e. The summed E-state index contributed by atoms with van der Waals surface area (Å²) in [6.45, 7) is 0. The summed E-state index contributed by atoms with van der Waals surface area (Å²) in [7, 11) is 0. The van der Waals surface area contributed by atoms with Crippen molar-refractivity contribution in [2.75, 3.05) is 0 Å². The summed E-state index contributed by atoms with van der Waals surface area (Å²) in [4.78, 5) is 12.3. The molecular formula is C15H9Cl6NO2. The molecule has 24 heavy (non-hydrogen) atoms. The summed E-state index contributed by atoms with van der Waals surface area (Å²) in [5.41, 5.74) is 0.285. The molecule has 128 valence electrons. The summed E-state index contributed by atoms with van der Waals surface area (Å²) in [5, 5.41) is 3.51. The van der Waals surface area contributed by atoms with E-state index in [1.807, 2.05) is 0 Å². The van der Waals surface area contributed by atoms with Crippen LogP contribution in [0.3, 0.4) is 0 Å². The van der Waals surface area contributed by atoms with Crippen LogP contribution in [0.5, 0.6) is 5.75 Å². The number of nitrogens with one attached hydrogen (secondary N) is 1. The van der Waals surface area contributed by atoms with Crippen LogP contribution in [-0.4, -0.2) is 15.9 Å². The molecule has 0 bridgehead atoms. The molecule has 0 aromatic heterocycles. The highest BCUT2D eigenvalue weighted by atomic mass is 35.6. The molecule has 3 nitrogen and oxygen atoms in total.